The summed E-state index contributed by atoms with van der Waals surface area (Å²) in [7, 11) is 0. The Bertz CT molecular complexity index is 338. The quantitative estimate of drug-likeness (QED) is 0.871. The predicted octanol–water partition coefficient (Wildman–Crippen LogP) is 2.70. The molecule has 1 heterocycles. The zero-order valence-electron chi connectivity index (χ0n) is 9.75. The summed E-state index contributed by atoms with van der Waals surface area (Å²) in [6, 6.07) is 8.62. The summed E-state index contributed by atoms with van der Waals surface area (Å²) in [6.45, 7) is 6.58. The molecule has 1 aromatic carbocycles. The first kappa shape index (κ1) is 11.9. The van der Waals surface area contributed by atoms with Crippen molar-refractivity contribution in [2.75, 3.05) is 26.2 Å². The third kappa shape index (κ3) is 2.57. The Hall–Kier alpha value is -0.570. The monoisotopic (exact) mass is 238 g/mol. The Morgan fingerprint density at radius 2 is 2.25 bits per heavy atom. The molecule has 3 heteroatoms. The Labute approximate surface area is 103 Å². The van der Waals surface area contributed by atoms with Crippen LogP contribution in [-0.4, -0.2) is 31.1 Å². The second kappa shape index (κ2) is 5.67. The van der Waals surface area contributed by atoms with Gasteiger partial charge in [0.1, 0.15) is 0 Å². The lowest BCUT2D eigenvalue weighted by Crippen LogP contribution is -2.46. The second-order valence-corrected chi connectivity index (χ2v) is 4.68. The van der Waals surface area contributed by atoms with Gasteiger partial charge in [0.15, 0.2) is 0 Å². The predicted molar refractivity (Wildman–Crippen MR) is 68.9 cm³/mol. The van der Waals surface area contributed by atoms with Crippen LogP contribution in [0.2, 0.25) is 5.02 Å². The first-order valence-electron chi connectivity index (χ1n) is 6.02. The molecule has 0 aliphatic carbocycles. The molecule has 1 aliphatic heterocycles. The van der Waals surface area contributed by atoms with Crippen LogP contribution in [0.4, 0.5) is 0 Å². The molecule has 1 unspecified atom stereocenters. The molecule has 0 bridgehead atoms. The first-order valence-corrected chi connectivity index (χ1v) is 6.40. The van der Waals surface area contributed by atoms with Gasteiger partial charge in [-0.2, -0.15) is 0 Å². The molecule has 1 aliphatic rings. The van der Waals surface area contributed by atoms with Gasteiger partial charge in [-0.05, 0) is 24.6 Å². The van der Waals surface area contributed by atoms with E-state index in [1.165, 1.54) is 12.0 Å². The molecule has 2 rings (SSSR count). The molecule has 2 nitrogen and oxygen atoms in total. The second-order valence-electron chi connectivity index (χ2n) is 4.28. The van der Waals surface area contributed by atoms with Gasteiger partial charge in [-0.3, -0.25) is 4.90 Å². The molecule has 1 aromatic rings. The van der Waals surface area contributed by atoms with Crippen molar-refractivity contribution in [2.45, 2.75) is 19.4 Å². The highest BCUT2D eigenvalue weighted by atomic mass is 35.5. The van der Waals surface area contributed by atoms with Crippen molar-refractivity contribution in [1.82, 2.24) is 10.2 Å². The van der Waals surface area contributed by atoms with Crippen LogP contribution in [0.15, 0.2) is 24.3 Å². The number of hydrogen-bond donors (Lipinski definition) is 1. The van der Waals surface area contributed by atoms with E-state index in [0.29, 0.717) is 6.04 Å². The van der Waals surface area contributed by atoms with Crippen LogP contribution in [0, 0.1) is 0 Å². The minimum atomic E-state index is 0.433. The van der Waals surface area contributed by atoms with E-state index in [1.54, 1.807) is 0 Å². The summed E-state index contributed by atoms with van der Waals surface area (Å²) in [6.07, 6.45) is 1.20. The number of halogens is 1. The van der Waals surface area contributed by atoms with Crippen molar-refractivity contribution in [3.63, 3.8) is 0 Å². The minimum absolute atomic E-state index is 0.433. The third-order valence-electron chi connectivity index (χ3n) is 3.13. The fourth-order valence-corrected chi connectivity index (χ4v) is 2.61. The molecule has 16 heavy (non-hydrogen) atoms. The maximum Gasteiger partial charge on any atom is 0.0487 e. The van der Waals surface area contributed by atoms with Gasteiger partial charge in [-0.15, -0.1) is 0 Å². The largest absolute Gasteiger partial charge is 0.314 e. The van der Waals surface area contributed by atoms with E-state index in [2.05, 4.69) is 29.3 Å². The summed E-state index contributed by atoms with van der Waals surface area (Å²) < 4.78 is 0. The molecule has 0 amide bonds. The van der Waals surface area contributed by atoms with Crippen molar-refractivity contribution >= 4 is 11.6 Å². The zero-order chi connectivity index (χ0) is 11.4. The average molecular weight is 239 g/mol. The van der Waals surface area contributed by atoms with E-state index < -0.39 is 0 Å². The number of hydrogen-bond acceptors (Lipinski definition) is 2. The van der Waals surface area contributed by atoms with Crippen LogP contribution < -0.4 is 5.32 Å². The van der Waals surface area contributed by atoms with Crippen LogP contribution in [0.25, 0.3) is 0 Å². The van der Waals surface area contributed by atoms with Crippen molar-refractivity contribution in [3.05, 3.63) is 34.9 Å². The first-order chi connectivity index (χ1) is 7.83. The molecule has 1 atom stereocenters. The fraction of sp³-hybridized carbons (Fsp3) is 0.538. The highest BCUT2D eigenvalue weighted by molar-refractivity contribution is 6.31. The topological polar surface area (TPSA) is 15.3 Å². The van der Waals surface area contributed by atoms with Gasteiger partial charge in [0.25, 0.3) is 0 Å². The van der Waals surface area contributed by atoms with Crippen LogP contribution in [-0.2, 0) is 0 Å². The van der Waals surface area contributed by atoms with E-state index in [4.69, 9.17) is 11.6 Å². The van der Waals surface area contributed by atoms with E-state index in [-0.39, 0.29) is 0 Å². The van der Waals surface area contributed by atoms with E-state index >= 15 is 0 Å². The number of nitrogens with one attached hydrogen (secondary N) is 1. The number of nitrogens with zero attached hydrogens (tertiary/aromatic N) is 1. The van der Waals surface area contributed by atoms with E-state index in [9.17, 15) is 0 Å². The Kier molecular flexibility index (Phi) is 4.22. The van der Waals surface area contributed by atoms with Gasteiger partial charge in [0.05, 0.1) is 0 Å². The summed E-state index contributed by atoms with van der Waals surface area (Å²) in [4.78, 5) is 2.53. The summed E-state index contributed by atoms with van der Waals surface area (Å²) in [5, 5.41) is 4.34. The van der Waals surface area contributed by atoms with Crippen LogP contribution >= 0.6 is 11.6 Å². The normalized spacial score (nSPS) is 22.2. The molecule has 0 spiro atoms. The minimum Gasteiger partial charge on any atom is -0.314 e. The number of rotatable bonds is 3. The Morgan fingerprint density at radius 3 is 3.00 bits per heavy atom. The molecular formula is C13H19ClN2. The number of benzene rings is 1. The standard InChI is InChI=1S/C13H19ClN2/c1-2-8-16-9-7-15-10-13(16)11-5-3-4-6-12(11)14/h3-6,13,15H,2,7-10H2,1H3. The van der Waals surface area contributed by atoms with Gasteiger partial charge in [0, 0.05) is 30.7 Å². The maximum absolute atomic E-state index is 6.27. The third-order valence-corrected chi connectivity index (χ3v) is 3.47. The Balaban J connectivity index is 2.19. The van der Waals surface area contributed by atoms with Crippen LogP contribution in [0.3, 0.4) is 0 Å². The molecule has 88 valence electrons. The average Bonchev–Trinajstić information content (AvgIpc) is 2.31. The highest BCUT2D eigenvalue weighted by Crippen LogP contribution is 2.28. The molecule has 0 radical (unpaired) electrons. The molecular weight excluding hydrogens is 220 g/mol. The van der Waals surface area contributed by atoms with Gasteiger partial charge < -0.3 is 5.32 Å². The van der Waals surface area contributed by atoms with Crippen molar-refractivity contribution < 1.29 is 0 Å². The van der Waals surface area contributed by atoms with Crippen molar-refractivity contribution in [1.29, 1.82) is 0 Å². The summed E-state index contributed by atoms with van der Waals surface area (Å²) in [5.74, 6) is 0. The van der Waals surface area contributed by atoms with Crippen molar-refractivity contribution in [2.24, 2.45) is 0 Å². The van der Waals surface area contributed by atoms with Gasteiger partial charge >= 0.3 is 0 Å². The lowest BCUT2D eigenvalue weighted by Gasteiger charge is -2.36. The molecule has 1 saturated heterocycles. The van der Waals surface area contributed by atoms with Crippen molar-refractivity contribution in [3.8, 4) is 0 Å². The molecule has 0 aromatic heterocycles. The highest BCUT2D eigenvalue weighted by Gasteiger charge is 2.24. The van der Waals surface area contributed by atoms with E-state index in [1.807, 2.05) is 12.1 Å². The van der Waals surface area contributed by atoms with Gasteiger partial charge in [-0.25, -0.2) is 0 Å². The zero-order valence-corrected chi connectivity index (χ0v) is 10.5. The smallest absolute Gasteiger partial charge is 0.0487 e. The molecule has 1 fully saturated rings. The maximum atomic E-state index is 6.27. The summed E-state index contributed by atoms with van der Waals surface area (Å²) in [5.41, 5.74) is 1.25. The Morgan fingerprint density at radius 1 is 1.44 bits per heavy atom. The van der Waals surface area contributed by atoms with Gasteiger partial charge in [0.2, 0.25) is 0 Å². The summed E-state index contributed by atoms with van der Waals surface area (Å²) >= 11 is 6.27. The van der Waals surface area contributed by atoms with Crippen LogP contribution in [0.5, 0.6) is 0 Å². The van der Waals surface area contributed by atoms with E-state index in [0.717, 1.165) is 31.2 Å². The van der Waals surface area contributed by atoms with Crippen LogP contribution in [0.1, 0.15) is 24.9 Å². The molecule has 1 N–H and O–H groups in total. The van der Waals surface area contributed by atoms with Gasteiger partial charge in [-0.1, -0.05) is 36.7 Å². The SMILES string of the molecule is CCCN1CCNCC1c1ccccc1Cl. The fourth-order valence-electron chi connectivity index (χ4n) is 2.35. The lowest BCUT2D eigenvalue weighted by molar-refractivity contribution is 0.162. The number of piperazine rings is 1. The molecule has 0 saturated carbocycles. The lowest BCUT2D eigenvalue weighted by atomic mass is 10.0.